The number of hydrogen-bond acceptors (Lipinski definition) is 4. The summed E-state index contributed by atoms with van der Waals surface area (Å²) in [6.45, 7) is 6.81. The van der Waals surface area contributed by atoms with Crippen LogP contribution in [0.25, 0.3) is 0 Å². The zero-order valence-corrected chi connectivity index (χ0v) is 13.1. The van der Waals surface area contributed by atoms with Gasteiger partial charge in [0.25, 0.3) is 5.91 Å². The van der Waals surface area contributed by atoms with Crippen molar-refractivity contribution in [3.8, 4) is 11.6 Å². The van der Waals surface area contributed by atoms with Crippen LogP contribution in [0.1, 0.15) is 22.8 Å². The van der Waals surface area contributed by atoms with E-state index in [0.29, 0.717) is 37.0 Å². The van der Waals surface area contributed by atoms with Crippen LogP contribution in [0.4, 0.5) is 0 Å². The Morgan fingerprint density at radius 1 is 1.26 bits per heavy atom. The summed E-state index contributed by atoms with van der Waals surface area (Å²) in [4.78, 5) is 16.3. The summed E-state index contributed by atoms with van der Waals surface area (Å²) < 4.78 is 10.8. The highest BCUT2D eigenvalue weighted by atomic mass is 16.5. The molecule has 1 aromatic carbocycles. The third-order valence-electron chi connectivity index (χ3n) is 3.05. The summed E-state index contributed by atoms with van der Waals surface area (Å²) in [5.74, 6) is 1.09. The molecule has 0 saturated carbocycles. The van der Waals surface area contributed by atoms with Crippen molar-refractivity contribution in [1.82, 2.24) is 10.3 Å². The van der Waals surface area contributed by atoms with Crippen molar-refractivity contribution in [1.29, 1.82) is 0 Å². The van der Waals surface area contributed by atoms with Gasteiger partial charge in [0, 0.05) is 23.9 Å². The van der Waals surface area contributed by atoms with Gasteiger partial charge >= 0.3 is 0 Å². The van der Waals surface area contributed by atoms with Gasteiger partial charge in [-0.15, -0.1) is 0 Å². The molecule has 0 fully saturated rings. The number of carbonyl (C=O) groups excluding carboxylic acids is 1. The first-order valence-electron chi connectivity index (χ1n) is 7.43. The highest BCUT2D eigenvalue weighted by molar-refractivity contribution is 5.94. The number of rotatable bonds is 8. The minimum atomic E-state index is -0.161. The van der Waals surface area contributed by atoms with Crippen molar-refractivity contribution < 1.29 is 14.3 Å². The minimum Gasteiger partial charge on any atom is -0.490 e. The quantitative estimate of drug-likeness (QED) is 0.761. The summed E-state index contributed by atoms with van der Waals surface area (Å²) in [6, 6.07) is 10.7. The van der Waals surface area contributed by atoms with Gasteiger partial charge in [0.05, 0.1) is 6.61 Å². The fraction of sp³-hybridized carbons (Fsp3) is 0.222. The van der Waals surface area contributed by atoms with Crippen LogP contribution in [-0.4, -0.2) is 24.1 Å². The zero-order chi connectivity index (χ0) is 16.5. The lowest BCUT2D eigenvalue weighted by Crippen LogP contribution is -2.23. The third kappa shape index (κ3) is 4.85. The molecule has 0 aliphatic rings. The Hall–Kier alpha value is -2.82. The Kier molecular flexibility index (Phi) is 6.17. The normalized spacial score (nSPS) is 9.96. The van der Waals surface area contributed by atoms with E-state index < -0.39 is 0 Å². The van der Waals surface area contributed by atoms with Crippen LogP contribution >= 0.6 is 0 Å². The molecular formula is C18H20N2O3. The molecular weight excluding hydrogens is 292 g/mol. The smallest absolute Gasteiger partial charge is 0.251 e. The number of nitrogens with zero attached hydrogens (tertiary/aromatic N) is 1. The predicted octanol–water partition coefficient (Wildman–Crippen LogP) is 2.98. The Bertz CT molecular complexity index is 654. The van der Waals surface area contributed by atoms with Gasteiger partial charge in [-0.05, 0) is 37.3 Å². The van der Waals surface area contributed by atoms with Crippen molar-refractivity contribution in [2.75, 3.05) is 13.2 Å². The number of benzene rings is 1. The van der Waals surface area contributed by atoms with Crippen LogP contribution in [0, 0.1) is 0 Å². The first-order chi connectivity index (χ1) is 11.2. The van der Waals surface area contributed by atoms with Crippen LogP contribution in [0.2, 0.25) is 0 Å². The average Bonchev–Trinajstić information content (AvgIpc) is 2.59. The molecule has 1 amide bonds. The molecule has 120 valence electrons. The maximum Gasteiger partial charge on any atom is 0.251 e. The summed E-state index contributed by atoms with van der Waals surface area (Å²) in [5.41, 5.74) is 1.41. The SMILES string of the molecule is C=CCOc1ccc(C(=O)NCc2cccnc2OCC)cc1. The highest BCUT2D eigenvalue weighted by Crippen LogP contribution is 2.15. The molecule has 0 atom stereocenters. The number of hydrogen-bond donors (Lipinski definition) is 1. The van der Waals surface area contributed by atoms with Crippen LogP contribution in [0.5, 0.6) is 11.6 Å². The first kappa shape index (κ1) is 16.5. The highest BCUT2D eigenvalue weighted by Gasteiger charge is 2.08. The molecule has 1 N–H and O–H groups in total. The van der Waals surface area contributed by atoms with Gasteiger partial charge in [0.1, 0.15) is 12.4 Å². The molecule has 2 rings (SSSR count). The Labute approximate surface area is 136 Å². The van der Waals surface area contributed by atoms with Gasteiger partial charge in [-0.1, -0.05) is 18.7 Å². The van der Waals surface area contributed by atoms with Gasteiger partial charge in [0.2, 0.25) is 5.88 Å². The van der Waals surface area contributed by atoms with E-state index in [9.17, 15) is 4.79 Å². The molecule has 23 heavy (non-hydrogen) atoms. The van der Waals surface area contributed by atoms with E-state index in [1.165, 1.54) is 0 Å². The number of aromatic nitrogens is 1. The molecule has 0 radical (unpaired) electrons. The first-order valence-corrected chi connectivity index (χ1v) is 7.43. The lowest BCUT2D eigenvalue weighted by molar-refractivity contribution is 0.0950. The molecule has 5 nitrogen and oxygen atoms in total. The molecule has 1 heterocycles. The van der Waals surface area contributed by atoms with Crippen molar-refractivity contribution >= 4 is 5.91 Å². The largest absolute Gasteiger partial charge is 0.490 e. The third-order valence-corrected chi connectivity index (χ3v) is 3.05. The van der Waals surface area contributed by atoms with Gasteiger partial charge in [-0.2, -0.15) is 0 Å². The summed E-state index contributed by atoms with van der Waals surface area (Å²) in [5, 5.41) is 2.86. The van der Waals surface area contributed by atoms with Crippen LogP contribution in [0.15, 0.2) is 55.3 Å². The van der Waals surface area contributed by atoms with E-state index in [1.807, 2.05) is 19.1 Å². The van der Waals surface area contributed by atoms with E-state index in [2.05, 4.69) is 16.9 Å². The topological polar surface area (TPSA) is 60.5 Å². The Morgan fingerprint density at radius 3 is 2.74 bits per heavy atom. The van der Waals surface area contributed by atoms with E-state index in [1.54, 1.807) is 36.5 Å². The summed E-state index contributed by atoms with van der Waals surface area (Å²) >= 11 is 0. The van der Waals surface area contributed by atoms with E-state index in [0.717, 1.165) is 5.56 Å². The average molecular weight is 312 g/mol. The second-order valence-corrected chi connectivity index (χ2v) is 4.71. The van der Waals surface area contributed by atoms with E-state index in [4.69, 9.17) is 9.47 Å². The van der Waals surface area contributed by atoms with Gasteiger partial charge < -0.3 is 14.8 Å². The van der Waals surface area contributed by atoms with Crippen LogP contribution in [0.3, 0.4) is 0 Å². The maximum atomic E-state index is 12.2. The van der Waals surface area contributed by atoms with Gasteiger partial charge in [0.15, 0.2) is 0 Å². The van der Waals surface area contributed by atoms with Gasteiger partial charge in [-0.25, -0.2) is 4.98 Å². The zero-order valence-electron chi connectivity index (χ0n) is 13.1. The molecule has 0 spiro atoms. The van der Waals surface area contributed by atoms with Crippen LogP contribution < -0.4 is 14.8 Å². The molecule has 1 aromatic heterocycles. The number of amides is 1. The molecule has 0 aliphatic carbocycles. The number of carbonyl (C=O) groups is 1. The summed E-state index contributed by atoms with van der Waals surface area (Å²) in [7, 11) is 0. The number of ether oxygens (including phenoxy) is 2. The molecule has 5 heteroatoms. The monoisotopic (exact) mass is 312 g/mol. The fourth-order valence-electron chi connectivity index (χ4n) is 1.96. The van der Waals surface area contributed by atoms with Crippen molar-refractivity contribution in [3.63, 3.8) is 0 Å². The van der Waals surface area contributed by atoms with Crippen molar-refractivity contribution in [2.45, 2.75) is 13.5 Å². The van der Waals surface area contributed by atoms with Crippen molar-refractivity contribution in [3.05, 3.63) is 66.4 Å². The van der Waals surface area contributed by atoms with Gasteiger partial charge in [-0.3, -0.25) is 4.79 Å². The maximum absolute atomic E-state index is 12.2. The van der Waals surface area contributed by atoms with Crippen molar-refractivity contribution in [2.24, 2.45) is 0 Å². The van der Waals surface area contributed by atoms with E-state index >= 15 is 0 Å². The lowest BCUT2D eigenvalue weighted by atomic mass is 10.2. The second-order valence-electron chi connectivity index (χ2n) is 4.71. The standard InChI is InChI=1S/C18H20N2O3/c1-3-12-23-16-9-7-14(8-10-16)17(21)20-13-15-6-5-11-19-18(15)22-4-2/h3,5-11H,1,4,12-13H2,2H3,(H,20,21). The van der Waals surface area contributed by atoms with E-state index in [-0.39, 0.29) is 5.91 Å². The molecule has 0 saturated heterocycles. The molecule has 0 bridgehead atoms. The Balaban J connectivity index is 1.95. The predicted molar refractivity (Wildman–Crippen MR) is 88.7 cm³/mol. The Morgan fingerprint density at radius 2 is 2.04 bits per heavy atom. The fourth-order valence-corrected chi connectivity index (χ4v) is 1.96. The minimum absolute atomic E-state index is 0.161. The lowest BCUT2D eigenvalue weighted by Gasteiger charge is -2.10. The molecule has 0 unspecified atom stereocenters. The second kappa shape index (κ2) is 8.58. The van der Waals surface area contributed by atoms with Crippen LogP contribution in [-0.2, 0) is 6.54 Å². The molecule has 2 aromatic rings. The number of nitrogens with one attached hydrogen (secondary N) is 1. The molecule has 0 aliphatic heterocycles. The number of pyridine rings is 1. The summed E-state index contributed by atoms with van der Waals surface area (Å²) in [6.07, 6.45) is 3.34.